The summed E-state index contributed by atoms with van der Waals surface area (Å²) < 4.78 is 7.98. The lowest BCUT2D eigenvalue weighted by Gasteiger charge is -2.26. The number of nitrogens with zero attached hydrogens (tertiary/aromatic N) is 1. The van der Waals surface area contributed by atoms with E-state index in [1.807, 2.05) is 59.5 Å². The Bertz CT molecular complexity index is 1030. The molecule has 1 heterocycles. The van der Waals surface area contributed by atoms with Crippen LogP contribution in [0.15, 0.2) is 75.7 Å². The molecule has 0 saturated carbocycles. The minimum absolute atomic E-state index is 0.0624. The third kappa shape index (κ3) is 4.66. The number of hydrogen-bond donors (Lipinski definition) is 0. The fourth-order valence-corrected chi connectivity index (χ4v) is 5.86. The van der Waals surface area contributed by atoms with Crippen molar-refractivity contribution in [3.63, 3.8) is 0 Å². The first kappa shape index (κ1) is 20.8. The van der Waals surface area contributed by atoms with Gasteiger partial charge >= 0.3 is 0 Å². The number of benzene rings is 3. The zero-order valence-electron chi connectivity index (χ0n) is 15.1. The Morgan fingerprint density at radius 3 is 2.52 bits per heavy atom. The van der Waals surface area contributed by atoms with Gasteiger partial charge in [-0.15, -0.1) is 11.8 Å². The number of rotatable bonds is 5. The van der Waals surface area contributed by atoms with Gasteiger partial charge in [0.25, 0.3) is 0 Å². The molecule has 1 amide bonds. The zero-order valence-corrected chi connectivity index (χ0v) is 19.9. The molecular weight excluding hydrogens is 538 g/mol. The Morgan fingerprint density at radius 2 is 1.79 bits per heavy atom. The van der Waals surface area contributed by atoms with Gasteiger partial charge in [0.1, 0.15) is 17.7 Å². The molecule has 4 rings (SSSR count). The van der Waals surface area contributed by atoms with E-state index in [2.05, 4.69) is 31.9 Å². The molecule has 1 fully saturated rings. The number of carbonyl (C=O) groups excluding carboxylic acids is 1. The highest BCUT2D eigenvalue weighted by molar-refractivity contribution is 9.11. The standard InChI is InChI=1S/C22H16Br2ClNO2S/c23-15-10-18(21(19(24)11-15)28-12-14-4-2-1-3-5-14)22-26(20(27)13-29-22)17-8-6-16(25)7-9-17/h1-11,22H,12-13H2/t22-/m0/s1. The molecule has 1 saturated heterocycles. The maximum Gasteiger partial charge on any atom is 0.238 e. The van der Waals surface area contributed by atoms with Crippen LogP contribution < -0.4 is 9.64 Å². The smallest absolute Gasteiger partial charge is 0.238 e. The van der Waals surface area contributed by atoms with Crippen LogP contribution in [-0.2, 0) is 11.4 Å². The number of carbonyl (C=O) groups is 1. The lowest BCUT2D eigenvalue weighted by Crippen LogP contribution is -2.28. The number of hydrogen-bond acceptors (Lipinski definition) is 3. The fraction of sp³-hybridized carbons (Fsp3) is 0.136. The van der Waals surface area contributed by atoms with Gasteiger partial charge in [0, 0.05) is 20.7 Å². The van der Waals surface area contributed by atoms with Gasteiger partial charge in [-0.25, -0.2) is 0 Å². The van der Waals surface area contributed by atoms with Crippen LogP contribution in [0.4, 0.5) is 5.69 Å². The normalized spacial score (nSPS) is 16.3. The zero-order chi connectivity index (χ0) is 20.4. The predicted octanol–water partition coefficient (Wildman–Crippen LogP) is 7.22. The molecule has 0 spiro atoms. The molecule has 0 bridgehead atoms. The van der Waals surface area contributed by atoms with E-state index in [1.165, 1.54) is 0 Å². The van der Waals surface area contributed by atoms with Gasteiger partial charge in [-0.2, -0.15) is 0 Å². The minimum atomic E-state index is -0.191. The van der Waals surface area contributed by atoms with Crippen molar-refractivity contribution in [2.75, 3.05) is 10.7 Å². The van der Waals surface area contributed by atoms with Crippen LogP contribution in [0.25, 0.3) is 0 Å². The van der Waals surface area contributed by atoms with Crippen molar-refractivity contribution in [1.82, 2.24) is 0 Å². The van der Waals surface area contributed by atoms with Crippen molar-refractivity contribution in [3.05, 3.63) is 91.8 Å². The molecular formula is C22H16Br2ClNO2S. The summed E-state index contributed by atoms with van der Waals surface area (Å²) in [5.41, 5.74) is 2.84. The van der Waals surface area contributed by atoms with Crippen molar-refractivity contribution in [1.29, 1.82) is 0 Å². The molecule has 3 aromatic carbocycles. The van der Waals surface area contributed by atoms with Crippen LogP contribution in [-0.4, -0.2) is 11.7 Å². The first-order chi connectivity index (χ1) is 14.0. The average Bonchev–Trinajstić information content (AvgIpc) is 3.09. The number of thioether (sulfide) groups is 1. The molecule has 3 nitrogen and oxygen atoms in total. The Labute approximate surface area is 195 Å². The summed E-state index contributed by atoms with van der Waals surface area (Å²) in [6.07, 6.45) is 0. The largest absolute Gasteiger partial charge is 0.487 e. The van der Waals surface area contributed by atoms with Gasteiger partial charge in [0.15, 0.2) is 0 Å². The Morgan fingerprint density at radius 1 is 1.07 bits per heavy atom. The van der Waals surface area contributed by atoms with Crippen LogP contribution in [0.3, 0.4) is 0 Å². The topological polar surface area (TPSA) is 29.5 Å². The summed E-state index contributed by atoms with van der Waals surface area (Å²) in [4.78, 5) is 14.5. The van der Waals surface area contributed by atoms with E-state index in [0.29, 0.717) is 17.4 Å². The first-order valence-electron chi connectivity index (χ1n) is 8.88. The minimum Gasteiger partial charge on any atom is -0.487 e. The van der Waals surface area contributed by atoms with Crippen molar-refractivity contribution >= 4 is 66.8 Å². The van der Waals surface area contributed by atoms with Crippen LogP contribution >= 0.6 is 55.2 Å². The third-order valence-electron chi connectivity index (χ3n) is 4.50. The lowest BCUT2D eigenvalue weighted by atomic mass is 10.1. The quantitative estimate of drug-likeness (QED) is 0.334. The van der Waals surface area contributed by atoms with E-state index in [1.54, 1.807) is 23.9 Å². The molecule has 1 atom stereocenters. The van der Waals surface area contributed by atoms with Gasteiger partial charge in [-0.05, 0) is 57.9 Å². The molecule has 1 aliphatic heterocycles. The van der Waals surface area contributed by atoms with Crippen molar-refractivity contribution in [2.45, 2.75) is 12.0 Å². The molecule has 0 radical (unpaired) electrons. The maximum absolute atomic E-state index is 12.7. The maximum atomic E-state index is 12.7. The van der Waals surface area contributed by atoms with Gasteiger partial charge in [-0.3, -0.25) is 9.69 Å². The second-order valence-corrected chi connectivity index (χ2v) is 9.76. The molecule has 0 aromatic heterocycles. The molecule has 3 aromatic rings. The summed E-state index contributed by atoms with van der Waals surface area (Å²) in [5.74, 6) is 1.21. The Balaban J connectivity index is 1.70. The first-order valence-corrected chi connectivity index (χ1v) is 11.9. The van der Waals surface area contributed by atoms with Crippen molar-refractivity contribution < 1.29 is 9.53 Å². The molecule has 7 heteroatoms. The van der Waals surface area contributed by atoms with E-state index in [-0.39, 0.29) is 11.3 Å². The average molecular weight is 554 g/mol. The van der Waals surface area contributed by atoms with Gasteiger partial charge in [0.2, 0.25) is 5.91 Å². The monoisotopic (exact) mass is 551 g/mol. The summed E-state index contributed by atoms with van der Waals surface area (Å²) in [5, 5.41) is 0.449. The Hall–Kier alpha value is -1.47. The summed E-state index contributed by atoms with van der Waals surface area (Å²) in [6.45, 7) is 0.445. The number of amides is 1. The van der Waals surface area contributed by atoms with Crippen molar-refractivity contribution in [2.24, 2.45) is 0 Å². The van der Waals surface area contributed by atoms with Gasteiger partial charge in [-0.1, -0.05) is 57.9 Å². The summed E-state index contributed by atoms with van der Waals surface area (Å²) >= 11 is 14.8. The molecule has 1 aliphatic rings. The van der Waals surface area contributed by atoms with Crippen LogP contribution in [0, 0.1) is 0 Å². The highest BCUT2D eigenvalue weighted by atomic mass is 79.9. The number of halogens is 3. The third-order valence-corrected chi connectivity index (χ3v) is 6.99. The predicted molar refractivity (Wildman–Crippen MR) is 127 cm³/mol. The second-order valence-electron chi connectivity index (χ2n) is 6.48. The highest BCUT2D eigenvalue weighted by Gasteiger charge is 2.36. The molecule has 0 N–H and O–H groups in total. The SMILES string of the molecule is O=C1CS[C@@H](c2cc(Br)cc(Br)c2OCc2ccccc2)N1c1ccc(Cl)cc1. The van der Waals surface area contributed by atoms with E-state index in [9.17, 15) is 4.79 Å². The van der Waals surface area contributed by atoms with Gasteiger partial charge < -0.3 is 4.74 Å². The molecule has 0 unspecified atom stereocenters. The molecule has 148 valence electrons. The number of anilines is 1. The fourth-order valence-electron chi connectivity index (χ4n) is 3.18. The summed E-state index contributed by atoms with van der Waals surface area (Å²) in [6, 6.07) is 21.3. The second kappa shape index (κ2) is 9.13. The van der Waals surface area contributed by atoms with E-state index in [0.717, 1.165) is 31.5 Å². The number of ether oxygens (including phenoxy) is 1. The van der Waals surface area contributed by atoms with Crippen LogP contribution in [0.1, 0.15) is 16.5 Å². The molecule has 29 heavy (non-hydrogen) atoms. The van der Waals surface area contributed by atoms with Crippen molar-refractivity contribution in [3.8, 4) is 5.75 Å². The highest BCUT2D eigenvalue weighted by Crippen LogP contribution is 2.48. The van der Waals surface area contributed by atoms with Crippen LogP contribution in [0.5, 0.6) is 5.75 Å². The van der Waals surface area contributed by atoms with Crippen LogP contribution in [0.2, 0.25) is 5.02 Å². The summed E-state index contributed by atoms with van der Waals surface area (Å²) in [7, 11) is 0. The van der Waals surface area contributed by atoms with E-state index in [4.69, 9.17) is 16.3 Å². The Kier molecular flexibility index (Phi) is 6.54. The van der Waals surface area contributed by atoms with E-state index < -0.39 is 0 Å². The molecule has 0 aliphatic carbocycles. The van der Waals surface area contributed by atoms with E-state index >= 15 is 0 Å². The lowest BCUT2D eigenvalue weighted by molar-refractivity contribution is -0.115. The van der Waals surface area contributed by atoms with Gasteiger partial charge in [0.05, 0.1) is 10.2 Å².